The van der Waals surface area contributed by atoms with Crippen LogP contribution < -0.4 is 5.73 Å². The van der Waals surface area contributed by atoms with Gasteiger partial charge in [-0.3, -0.25) is 10.1 Å². The van der Waals surface area contributed by atoms with Gasteiger partial charge in [-0.05, 0) is 94.5 Å². The minimum absolute atomic E-state index is 0.109. The van der Waals surface area contributed by atoms with Crippen molar-refractivity contribution in [1.29, 1.82) is 0 Å². The molecule has 0 saturated carbocycles. The fourth-order valence-corrected chi connectivity index (χ4v) is 4.61. The third-order valence-electron chi connectivity index (χ3n) is 6.74. The first-order chi connectivity index (χ1) is 17.5. The molecule has 0 unspecified atom stereocenters. The molecule has 0 fully saturated rings. The fourth-order valence-electron chi connectivity index (χ4n) is 4.61. The van der Waals surface area contributed by atoms with Gasteiger partial charge in [0.2, 0.25) is 0 Å². The lowest BCUT2D eigenvalue weighted by Crippen LogP contribution is -2.02. The molecule has 4 aromatic rings. The van der Waals surface area contributed by atoms with E-state index in [0.717, 1.165) is 42.5 Å². The molecule has 0 amide bonds. The van der Waals surface area contributed by atoms with Crippen LogP contribution in [0.1, 0.15) is 44.5 Å². The highest BCUT2D eigenvalue weighted by atomic mass is 16.6. The van der Waals surface area contributed by atoms with Crippen molar-refractivity contribution in [3.63, 3.8) is 0 Å². The number of hydrogen-bond acceptors (Lipinski definition) is 3. The Labute approximate surface area is 211 Å². The van der Waals surface area contributed by atoms with Gasteiger partial charge in [0.1, 0.15) is 0 Å². The van der Waals surface area contributed by atoms with E-state index in [9.17, 15) is 10.1 Å². The van der Waals surface area contributed by atoms with Gasteiger partial charge in [-0.25, -0.2) is 0 Å². The van der Waals surface area contributed by atoms with Crippen molar-refractivity contribution in [3.05, 3.63) is 140 Å². The van der Waals surface area contributed by atoms with Crippen LogP contribution in [0.5, 0.6) is 0 Å². The molecule has 0 aromatic heterocycles. The number of nitro groups is 1. The van der Waals surface area contributed by atoms with E-state index in [1.165, 1.54) is 33.4 Å². The van der Waals surface area contributed by atoms with Gasteiger partial charge in [-0.15, -0.1) is 0 Å². The SMILES string of the molecule is Nc1ccc(/C=C/c2cc3ccc2CCc2ccc(c(/C=C/c4ccc([N+](=O)[O-])cc4)c2)CC3)cc1. The fraction of sp³-hybridized carbons (Fsp3) is 0.125. The van der Waals surface area contributed by atoms with E-state index in [-0.39, 0.29) is 10.6 Å². The van der Waals surface area contributed by atoms with Gasteiger partial charge >= 0.3 is 0 Å². The highest BCUT2D eigenvalue weighted by molar-refractivity contribution is 5.73. The Morgan fingerprint density at radius 3 is 1.56 bits per heavy atom. The third kappa shape index (κ3) is 5.61. The van der Waals surface area contributed by atoms with Crippen molar-refractivity contribution in [1.82, 2.24) is 0 Å². The van der Waals surface area contributed by atoms with Crippen LogP contribution in [-0.2, 0) is 25.7 Å². The number of nitrogens with zero attached hydrogens (tertiary/aromatic N) is 1. The van der Waals surface area contributed by atoms with Crippen LogP contribution in [0.3, 0.4) is 0 Å². The highest BCUT2D eigenvalue weighted by Crippen LogP contribution is 2.24. The average Bonchev–Trinajstić information content (AvgIpc) is 2.89. The van der Waals surface area contributed by atoms with E-state index in [4.69, 9.17) is 5.73 Å². The number of nitro benzene ring substituents is 1. The molecule has 8 rings (SSSR count). The van der Waals surface area contributed by atoms with Crippen molar-refractivity contribution >= 4 is 35.7 Å². The van der Waals surface area contributed by atoms with Crippen molar-refractivity contribution in [2.75, 3.05) is 5.73 Å². The third-order valence-corrected chi connectivity index (χ3v) is 6.74. The first kappa shape index (κ1) is 23.3. The van der Waals surface area contributed by atoms with E-state index >= 15 is 0 Å². The lowest BCUT2D eigenvalue weighted by Gasteiger charge is -2.15. The van der Waals surface area contributed by atoms with E-state index in [1.54, 1.807) is 24.3 Å². The van der Waals surface area contributed by atoms with Crippen LogP contribution in [0.4, 0.5) is 11.4 Å². The van der Waals surface area contributed by atoms with Crippen LogP contribution in [-0.4, -0.2) is 4.92 Å². The molecule has 0 radical (unpaired) electrons. The van der Waals surface area contributed by atoms with E-state index < -0.39 is 0 Å². The van der Waals surface area contributed by atoms with Gasteiger partial charge in [-0.1, -0.05) is 72.8 Å². The molecule has 4 heteroatoms. The number of anilines is 1. The molecule has 2 N–H and O–H groups in total. The molecule has 4 bridgehead atoms. The second-order valence-corrected chi connectivity index (χ2v) is 9.25. The molecule has 0 atom stereocenters. The smallest absolute Gasteiger partial charge is 0.269 e. The second-order valence-electron chi connectivity index (χ2n) is 9.25. The molecule has 4 nitrogen and oxygen atoms in total. The maximum Gasteiger partial charge on any atom is 0.269 e. The van der Waals surface area contributed by atoms with Crippen molar-refractivity contribution in [2.45, 2.75) is 25.7 Å². The maximum atomic E-state index is 10.9. The minimum Gasteiger partial charge on any atom is -0.399 e. The highest BCUT2D eigenvalue weighted by Gasteiger charge is 2.09. The number of benzene rings is 4. The summed E-state index contributed by atoms with van der Waals surface area (Å²) in [4.78, 5) is 10.5. The summed E-state index contributed by atoms with van der Waals surface area (Å²) in [6, 6.07) is 28.3. The summed E-state index contributed by atoms with van der Waals surface area (Å²) in [5, 5.41) is 10.9. The Hall–Kier alpha value is -4.44. The molecule has 0 spiro atoms. The molecular formula is C32H28N2O2. The molecule has 4 aliphatic rings. The predicted molar refractivity (Wildman–Crippen MR) is 150 cm³/mol. The van der Waals surface area contributed by atoms with E-state index in [0.29, 0.717) is 0 Å². The molecule has 4 aliphatic carbocycles. The normalized spacial score (nSPS) is 13.2. The van der Waals surface area contributed by atoms with Crippen LogP contribution in [0, 0.1) is 10.1 Å². The lowest BCUT2D eigenvalue weighted by atomic mass is 9.90. The number of non-ortho nitro benzene ring substituents is 1. The van der Waals surface area contributed by atoms with Crippen LogP contribution in [0.25, 0.3) is 24.3 Å². The molecule has 178 valence electrons. The van der Waals surface area contributed by atoms with Gasteiger partial charge in [-0.2, -0.15) is 0 Å². The molecular weight excluding hydrogens is 444 g/mol. The summed E-state index contributed by atoms with van der Waals surface area (Å²) < 4.78 is 0. The standard InChI is InChI=1S/C32H28N2O2/c33-31-17-7-23(8-18-31)1-15-29-21-25-3-11-27(29)12-4-26-6-14-28(13-5-25)30(22-26)16-2-24-9-19-32(20-10-24)34(35)36/h1-3,6-11,14-22H,4-5,12-13,33H2/b15-1+,16-2+. The zero-order valence-corrected chi connectivity index (χ0v) is 20.1. The topological polar surface area (TPSA) is 69.2 Å². The van der Waals surface area contributed by atoms with Crippen LogP contribution >= 0.6 is 0 Å². The number of nitrogen functional groups attached to an aromatic ring is 1. The summed E-state index contributed by atoms with van der Waals surface area (Å²) in [6.07, 6.45) is 12.4. The summed E-state index contributed by atoms with van der Waals surface area (Å²) in [5.74, 6) is 0. The van der Waals surface area contributed by atoms with Crippen LogP contribution in [0.2, 0.25) is 0 Å². The Morgan fingerprint density at radius 2 is 1.08 bits per heavy atom. The molecule has 0 aliphatic heterocycles. The van der Waals surface area contributed by atoms with E-state index in [2.05, 4.69) is 54.6 Å². The number of aryl methyl sites for hydroxylation is 4. The zero-order valence-electron chi connectivity index (χ0n) is 20.1. The first-order valence-corrected chi connectivity index (χ1v) is 12.2. The Balaban J connectivity index is 1.39. The molecule has 0 heterocycles. The number of hydrogen-bond donors (Lipinski definition) is 1. The Kier molecular flexibility index (Phi) is 6.76. The van der Waals surface area contributed by atoms with E-state index in [1.807, 2.05) is 30.3 Å². The summed E-state index contributed by atoms with van der Waals surface area (Å²) in [7, 11) is 0. The lowest BCUT2D eigenvalue weighted by molar-refractivity contribution is -0.384. The predicted octanol–water partition coefficient (Wildman–Crippen LogP) is 7.40. The summed E-state index contributed by atoms with van der Waals surface area (Å²) in [6.45, 7) is 0. The Bertz CT molecular complexity index is 1450. The van der Waals surface area contributed by atoms with Crippen LogP contribution in [0.15, 0.2) is 84.9 Å². The average molecular weight is 473 g/mol. The summed E-state index contributed by atoms with van der Waals surface area (Å²) in [5.41, 5.74) is 16.6. The molecule has 36 heavy (non-hydrogen) atoms. The van der Waals surface area contributed by atoms with Gasteiger partial charge in [0.15, 0.2) is 0 Å². The Morgan fingerprint density at radius 1 is 0.611 bits per heavy atom. The first-order valence-electron chi connectivity index (χ1n) is 12.2. The summed E-state index contributed by atoms with van der Waals surface area (Å²) >= 11 is 0. The number of nitrogens with two attached hydrogens (primary N) is 1. The maximum absolute atomic E-state index is 10.9. The van der Waals surface area contributed by atoms with Gasteiger partial charge in [0, 0.05) is 17.8 Å². The zero-order chi connectivity index (χ0) is 24.9. The minimum atomic E-state index is -0.371. The molecule has 4 aromatic carbocycles. The molecule has 0 saturated heterocycles. The van der Waals surface area contributed by atoms with Crippen molar-refractivity contribution in [2.24, 2.45) is 0 Å². The second kappa shape index (κ2) is 10.4. The number of rotatable bonds is 5. The quantitative estimate of drug-likeness (QED) is 0.142. The van der Waals surface area contributed by atoms with Crippen molar-refractivity contribution < 1.29 is 4.92 Å². The van der Waals surface area contributed by atoms with Gasteiger partial charge in [0.25, 0.3) is 5.69 Å². The van der Waals surface area contributed by atoms with Crippen molar-refractivity contribution in [3.8, 4) is 0 Å². The van der Waals surface area contributed by atoms with Gasteiger partial charge in [0.05, 0.1) is 4.92 Å². The largest absolute Gasteiger partial charge is 0.399 e. The van der Waals surface area contributed by atoms with Gasteiger partial charge < -0.3 is 5.73 Å². The monoisotopic (exact) mass is 472 g/mol.